The Hall–Kier alpha value is -3.21. The smallest absolute Gasteiger partial charge is 0.220 e. The van der Waals surface area contributed by atoms with Gasteiger partial charge >= 0.3 is 0 Å². The summed E-state index contributed by atoms with van der Waals surface area (Å²) in [5.41, 5.74) is 5.55. The minimum Gasteiger partial charge on any atom is -0.477 e. The lowest BCUT2D eigenvalue weighted by atomic mass is 9.79. The van der Waals surface area contributed by atoms with Gasteiger partial charge in [-0.15, -0.1) is 10.2 Å². The van der Waals surface area contributed by atoms with Crippen molar-refractivity contribution in [3.05, 3.63) is 77.6 Å². The van der Waals surface area contributed by atoms with Crippen molar-refractivity contribution in [1.29, 1.82) is 0 Å². The molecule has 0 saturated carbocycles. The van der Waals surface area contributed by atoms with Crippen molar-refractivity contribution in [2.24, 2.45) is 0 Å². The van der Waals surface area contributed by atoms with E-state index < -0.39 is 0 Å². The van der Waals surface area contributed by atoms with Gasteiger partial charge in [0.15, 0.2) is 11.5 Å². The first-order valence-corrected chi connectivity index (χ1v) is 11.2. The van der Waals surface area contributed by atoms with E-state index in [1.54, 1.807) is 12.4 Å². The molecule has 0 atom stereocenters. The first kappa shape index (κ1) is 22.0. The third-order valence-corrected chi connectivity index (χ3v) is 5.69. The second-order valence-corrected chi connectivity index (χ2v) is 10.3. The van der Waals surface area contributed by atoms with Crippen LogP contribution in [0.15, 0.2) is 60.9 Å². The SMILES string of the molecule is CC(C)(C)c1cc(-c2nnc3cncc(OCCc4ccccc4)n23)cc(C(C)(C)C)c1. The van der Waals surface area contributed by atoms with E-state index in [2.05, 4.69) is 87.1 Å². The Morgan fingerprint density at radius 1 is 0.812 bits per heavy atom. The minimum absolute atomic E-state index is 0.0209. The molecule has 2 heterocycles. The zero-order valence-corrected chi connectivity index (χ0v) is 19.9. The van der Waals surface area contributed by atoms with Crippen LogP contribution in [0.1, 0.15) is 58.2 Å². The van der Waals surface area contributed by atoms with Crippen LogP contribution >= 0.6 is 0 Å². The molecule has 166 valence electrons. The van der Waals surface area contributed by atoms with Gasteiger partial charge < -0.3 is 4.74 Å². The highest BCUT2D eigenvalue weighted by Gasteiger charge is 2.23. The van der Waals surface area contributed by atoms with Crippen LogP contribution in [0.4, 0.5) is 0 Å². The molecule has 0 amide bonds. The first-order chi connectivity index (χ1) is 15.1. The van der Waals surface area contributed by atoms with Gasteiger partial charge in [0.2, 0.25) is 5.88 Å². The molecule has 5 nitrogen and oxygen atoms in total. The fourth-order valence-corrected chi connectivity index (χ4v) is 3.65. The van der Waals surface area contributed by atoms with E-state index in [0.29, 0.717) is 18.1 Å². The summed E-state index contributed by atoms with van der Waals surface area (Å²) in [6.07, 6.45) is 4.28. The molecule has 0 N–H and O–H groups in total. The van der Waals surface area contributed by atoms with E-state index in [-0.39, 0.29) is 10.8 Å². The quantitative estimate of drug-likeness (QED) is 0.391. The van der Waals surface area contributed by atoms with Crippen LogP contribution in [0.2, 0.25) is 0 Å². The van der Waals surface area contributed by atoms with Gasteiger partial charge in [0.25, 0.3) is 0 Å². The van der Waals surface area contributed by atoms with Gasteiger partial charge in [-0.05, 0) is 39.7 Å². The van der Waals surface area contributed by atoms with Crippen molar-refractivity contribution in [1.82, 2.24) is 19.6 Å². The number of nitrogens with zero attached hydrogens (tertiary/aromatic N) is 4. The Balaban J connectivity index is 1.75. The average Bonchev–Trinajstić information content (AvgIpc) is 3.18. The number of hydrogen-bond donors (Lipinski definition) is 0. The minimum atomic E-state index is 0.0209. The molecule has 0 spiro atoms. The molecule has 4 aromatic rings. The predicted octanol–water partition coefficient (Wildman–Crippen LogP) is 6.01. The molecular weight excluding hydrogens is 396 g/mol. The summed E-state index contributed by atoms with van der Waals surface area (Å²) in [6, 6.07) is 17.1. The fraction of sp³-hybridized carbons (Fsp3) is 0.370. The van der Waals surface area contributed by atoms with Gasteiger partial charge in [0, 0.05) is 12.0 Å². The molecule has 0 fully saturated rings. The van der Waals surface area contributed by atoms with Crippen LogP contribution in [0, 0.1) is 0 Å². The maximum absolute atomic E-state index is 6.16. The number of rotatable bonds is 5. The molecular formula is C27H32N4O. The molecule has 2 aromatic carbocycles. The largest absolute Gasteiger partial charge is 0.477 e. The van der Waals surface area contributed by atoms with Crippen molar-refractivity contribution in [3.8, 4) is 17.3 Å². The van der Waals surface area contributed by atoms with Crippen molar-refractivity contribution < 1.29 is 4.74 Å². The summed E-state index contributed by atoms with van der Waals surface area (Å²) in [4.78, 5) is 4.31. The summed E-state index contributed by atoms with van der Waals surface area (Å²) >= 11 is 0. The fourth-order valence-electron chi connectivity index (χ4n) is 3.65. The van der Waals surface area contributed by atoms with Crippen LogP contribution in [-0.2, 0) is 17.3 Å². The van der Waals surface area contributed by atoms with Crippen LogP contribution in [0.25, 0.3) is 17.0 Å². The topological polar surface area (TPSA) is 52.3 Å². The molecule has 0 aliphatic heterocycles. The maximum atomic E-state index is 6.16. The Kier molecular flexibility index (Phi) is 5.76. The third kappa shape index (κ3) is 4.67. The van der Waals surface area contributed by atoms with Crippen LogP contribution in [0.5, 0.6) is 5.88 Å². The highest BCUT2D eigenvalue weighted by atomic mass is 16.5. The highest BCUT2D eigenvalue weighted by Crippen LogP contribution is 2.34. The molecule has 0 aliphatic carbocycles. The number of fused-ring (bicyclic) bond motifs is 1. The van der Waals surface area contributed by atoms with Crippen molar-refractivity contribution >= 4 is 5.65 Å². The van der Waals surface area contributed by atoms with Crippen molar-refractivity contribution in [2.45, 2.75) is 58.8 Å². The van der Waals surface area contributed by atoms with Gasteiger partial charge in [0.1, 0.15) is 0 Å². The second kappa shape index (κ2) is 8.38. The zero-order valence-electron chi connectivity index (χ0n) is 19.9. The molecule has 0 unspecified atom stereocenters. The Labute approximate surface area is 190 Å². The molecule has 32 heavy (non-hydrogen) atoms. The lowest BCUT2D eigenvalue weighted by Crippen LogP contribution is -2.16. The summed E-state index contributed by atoms with van der Waals surface area (Å²) < 4.78 is 8.12. The Bertz CT molecular complexity index is 1180. The molecule has 0 aliphatic rings. The van der Waals surface area contributed by atoms with E-state index in [4.69, 9.17) is 4.74 Å². The molecule has 2 aromatic heterocycles. The van der Waals surface area contributed by atoms with Gasteiger partial charge in [-0.2, -0.15) is 0 Å². The van der Waals surface area contributed by atoms with Crippen LogP contribution in [0.3, 0.4) is 0 Å². The van der Waals surface area contributed by atoms with Crippen LogP contribution in [-0.4, -0.2) is 26.2 Å². The average molecular weight is 429 g/mol. The lowest BCUT2D eigenvalue weighted by molar-refractivity contribution is 0.304. The first-order valence-electron chi connectivity index (χ1n) is 11.2. The summed E-state index contributed by atoms with van der Waals surface area (Å²) in [6.45, 7) is 14.0. The Morgan fingerprint density at radius 2 is 1.47 bits per heavy atom. The number of ether oxygens (including phenoxy) is 1. The van der Waals surface area contributed by atoms with Crippen molar-refractivity contribution in [2.75, 3.05) is 6.61 Å². The van der Waals surface area contributed by atoms with E-state index in [9.17, 15) is 0 Å². The molecule has 0 bridgehead atoms. The summed E-state index contributed by atoms with van der Waals surface area (Å²) in [5.74, 6) is 1.42. The Morgan fingerprint density at radius 3 is 2.09 bits per heavy atom. The van der Waals surface area contributed by atoms with Gasteiger partial charge in [-0.1, -0.05) is 77.9 Å². The van der Waals surface area contributed by atoms with Crippen LogP contribution < -0.4 is 4.74 Å². The predicted molar refractivity (Wildman–Crippen MR) is 129 cm³/mol. The van der Waals surface area contributed by atoms with E-state index in [0.717, 1.165) is 17.8 Å². The molecule has 5 heteroatoms. The second-order valence-electron chi connectivity index (χ2n) is 10.3. The van der Waals surface area contributed by atoms with Gasteiger partial charge in [-0.3, -0.25) is 4.98 Å². The molecule has 0 radical (unpaired) electrons. The van der Waals surface area contributed by atoms with Gasteiger partial charge in [-0.25, -0.2) is 4.40 Å². The summed E-state index contributed by atoms with van der Waals surface area (Å²) in [7, 11) is 0. The number of benzene rings is 2. The summed E-state index contributed by atoms with van der Waals surface area (Å²) in [5, 5.41) is 8.91. The molecule has 4 rings (SSSR count). The highest BCUT2D eigenvalue weighted by molar-refractivity contribution is 5.63. The standard InChI is InChI=1S/C27H32N4O/c1-26(2,3)21-14-20(15-22(16-21)27(4,5)6)25-30-29-23-17-28-18-24(31(23)25)32-13-12-19-10-8-7-9-11-19/h7-11,14-18H,12-13H2,1-6H3. The molecule has 0 saturated heterocycles. The number of hydrogen-bond acceptors (Lipinski definition) is 4. The lowest BCUT2D eigenvalue weighted by Gasteiger charge is -2.26. The monoisotopic (exact) mass is 428 g/mol. The van der Waals surface area contributed by atoms with E-state index in [1.165, 1.54) is 16.7 Å². The van der Waals surface area contributed by atoms with Crippen molar-refractivity contribution in [3.63, 3.8) is 0 Å². The third-order valence-electron chi connectivity index (χ3n) is 5.69. The van der Waals surface area contributed by atoms with E-state index in [1.807, 2.05) is 22.6 Å². The normalized spacial score (nSPS) is 12.3. The van der Waals surface area contributed by atoms with E-state index >= 15 is 0 Å². The maximum Gasteiger partial charge on any atom is 0.220 e. The van der Waals surface area contributed by atoms with Gasteiger partial charge in [0.05, 0.1) is 19.0 Å². The number of aromatic nitrogens is 4. The zero-order chi connectivity index (χ0) is 22.9.